The minimum atomic E-state index is -1.61. The molecule has 0 bridgehead atoms. The molecule has 13 heavy (non-hydrogen) atoms. The minimum Gasteiger partial charge on any atom is -0.475 e. The quantitative estimate of drug-likeness (QED) is 0.383. The molecule has 0 rings (SSSR count). The van der Waals surface area contributed by atoms with Gasteiger partial charge in [-0.25, -0.2) is 4.79 Å². The van der Waals surface area contributed by atoms with Crippen LogP contribution in [0.25, 0.3) is 0 Å². The van der Waals surface area contributed by atoms with Gasteiger partial charge in [-0.05, 0) is 13.3 Å². The van der Waals surface area contributed by atoms with Gasteiger partial charge < -0.3 is 9.84 Å². The van der Waals surface area contributed by atoms with E-state index >= 15 is 0 Å². The Kier molecular flexibility index (Phi) is 4.72. The number of aliphatic carboxylic acids is 1. The molecule has 0 fully saturated rings. The van der Waals surface area contributed by atoms with Gasteiger partial charge in [0.05, 0.1) is 6.10 Å². The Hall–Kier alpha value is -1.39. The molecule has 0 spiro atoms. The average Bonchev–Trinajstić information content (AvgIpc) is 2.03. The number of carboxylic acids is 1. The van der Waals surface area contributed by atoms with Crippen LogP contribution >= 0.6 is 0 Å². The van der Waals surface area contributed by atoms with E-state index < -0.39 is 24.1 Å². The van der Waals surface area contributed by atoms with Gasteiger partial charge in [0.15, 0.2) is 0 Å². The fourth-order valence-corrected chi connectivity index (χ4v) is 0.556. The summed E-state index contributed by atoms with van der Waals surface area (Å²) in [7, 11) is 0. The zero-order valence-electron chi connectivity index (χ0n) is 7.57. The molecule has 0 saturated heterocycles. The van der Waals surface area contributed by atoms with E-state index in [1.54, 1.807) is 6.92 Å². The lowest BCUT2D eigenvalue weighted by atomic mass is 10.3. The Morgan fingerprint density at radius 3 is 2.31 bits per heavy atom. The van der Waals surface area contributed by atoms with Crippen molar-refractivity contribution in [3.8, 4) is 0 Å². The zero-order chi connectivity index (χ0) is 10.4. The first-order valence-corrected chi connectivity index (χ1v) is 3.93. The van der Waals surface area contributed by atoms with Gasteiger partial charge in [-0.15, -0.1) is 0 Å². The molecule has 1 unspecified atom stereocenters. The van der Waals surface area contributed by atoms with Gasteiger partial charge in [0.1, 0.15) is 6.42 Å². The van der Waals surface area contributed by atoms with Gasteiger partial charge in [-0.2, -0.15) is 0 Å². The van der Waals surface area contributed by atoms with Crippen LogP contribution in [0, 0.1) is 0 Å². The van der Waals surface area contributed by atoms with Crippen molar-refractivity contribution in [2.75, 3.05) is 0 Å². The number of hydrogen-bond acceptors (Lipinski definition) is 4. The van der Waals surface area contributed by atoms with E-state index in [1.165, 1.54) is 0 Å². The van der Waals surface area contributed by atoms with Gasteiger partial charge in [0, 0.05) is 0 Å². The van der Waals surface area contributed by atoms with Crippen molar-refractivity contribution in [3.63, 3.8) is 0 Å². The van der Waals surface area contributed by atoms with Gasteiger partial charge in [-0.3, -0.25) is 9.59 Å². The van der Waals surface area contributed by atoms with Crippen LogP contribution in [-0.2, 0) is 19.1 Å². The highest BCUT2D eigenvalue weighted by Crippen LogP contribution is 1.99. The first-order chi connectivity index (χ1) is 5.97. The van der Waals surface area contributed by atoms with Crippen LogP contribution < -0.4 is 0 Å². The van der Waals surface area contributed by atoms with E-state index in [0.717, 1.165) is 0 Å². The molecule has 0 aromatic carbocycles. The lowest BCUT2D eigenvalue weighted by molar-refractivity contribution is -0.156. The van der Waals surface area contributed by atoms with E-state index in [2.05, 4.69) is 0 Å². The van der Waals surface area contributed by atoms with Gasteiger partial charge in [0.25, 0.3) is 5.78 Å². The first-order valence-electron chi connectivity index (χ1n) is 3.93. The summed E-state index contributed by atoms with van der Waals surface area (Å²) in [6, 6.07) is 0. The van der Waals surface area contributed by atoms with Crippen LogP contribution in [0.4, 0.5) is 0 Å². The second kappa shape index (κ2) is 5.29. The van der Waals surface area contributed by atoms with E-state index in [4.69, 9.17) is 9.84 Å². The number of Topliss-reactive ketones (excluding diaryl/α,β-unsaturated/α-hetero) is 1. The minimum absolute atomic E-state index is 0.283. The van der Waals surface area contributed by atoms with Crippen molar-refractivity contribution in [1.82, 2.24) is 0 Å². The smallest absolute Gasteiger partial charge is 0.372 e. The van der Waals surface area contributed by atoms with E-state index in [1.807, 2.05) is 6.92 Å². The Labute approximate surface area is 75.7 Å². The molecule has 74 valence electrons. The second-order valence-electron chi connectivity index (χ2n) is 2.61. The lowest BCUT2D eigenvalue weighted by Gasteiger charge is -2.09. The van der Waals surface area contributed by atoms with E-state index in [9.17, 15) is 14.4 Å². The summed E-state index contributed by atoms with van der Waals surface area (Å²) in [5.74, 6) is -3.55. The van der Waals surface area contributed by atoms with E-state index in [-0.39, 0.29) is 6.10 Å². The number of rotatable bonds is 5. The summed E-state index contributed by atoms with van der Waals surface area (Å²) in [5, 5.41) is 8.16. The number of ether oxygens (including phenoxy) is 1. The fraction of sp³-hybridized carbons (Fsp3) is 0.625. The van der Waals surface area contributed by atoms with Crippen LogP contribution in [0.5, 0.6) is 0 Å². The van der Waals surface area contributed by atoms with Crippen LogP contribution in [-0.4, -0.2) is 28.9 Å². The number of esters is 1. The molecule has 0 aliphatic heterocycles. The van der Waals surface area contributed by atoms with Crippen molar-refractivity contribution < 1.29 is 24.2 Å². The highest BCUT2D eigenvalue weighted by molar-refractivity contribution is 6.35. The molecule has 5 heteroatoms. The largest absolute Gasteiger partial charge is 0.475 e. The Morgan fingerprint density at radius 1 is 1.38 bits per heavy atom. The van der Waals surface area contributed by atoms with Crippen LogP contribution in [0.15, 0.2) is 0 Å². The number of carbonyl (C=O) groups excluding carboxylic acids is 2. The van der Waals surface area contributed by atoms with Crippen molar-refractivity contribution in [2.24, 2.45) is 0 Å². The molecular formula is C8H12O5. The average molecular weight is 188 g/mol. The number of ketones is 1. The third-order valence-corrected chi connectivity index (χ3v) is 1.45. The van der Waals surface area contributed by atoms with Crippen molar-refractivity contribution in [1.29, 1.82) is 0 Å². The molecule has 0 heterocycles. The molecule has 1 N–H and O–H groups in total. The van der Waals surface area contributed by atoms with E-state index in [0.29, 0.717) is 6.42 Å². The fourth-order valence-electron chi connectivity index (χ4n) is 0.556. The van der Waals surface area contributed by atoms with Crippen LogP contribution in [0.1, 0.15) is 26.7 Å². The number of hydrogen-bond donors (Lipinski definition) is 1. The predicted molar refractivity (Wildman–Crippen MR) is 43.1 cm³/mol. The van der Waals surface area contributed by atoms with Crippen molar-refractivity contribution in [2.45, 2.75) is 32.8 Å². The lowest BCUT2D eigenvalue weighted by Crippen LogP contribution is -2.21. The third kappa shape index (κ3) is 4.95. The maximum atomic E-state index is 10.8. The maximum absolute atomic E-state index is 10.8. The highest BCUT2D eigenvalue weighted by Gasteiger charge is 2.18. The summed E-state index contributed by atoms with van der Waals surface area (Å²) in [4.78, 5) is 31.4. The molecule has 0 radical (unpaired) electrons. The zero-order valence-corrected chi connectivity index (χ0v) is 7.57. The molecule has 1 atom stereocenters. The van der Waals surface area contributed by atoms with Crippen LogP contribution in [0.3, 0.4) is 0 Å². The normalized spacial score (nSPS) is 11.8. The monoisotopic (exact) mass is 188 g/mol. The summed E-state index contributed by atoms with van der Waals surface area (Å²) >= 11 is 0. The van der Waals surface area contributed by atoms with Crippen LogP contribution in [0.2, 0.25) is 0 Å². The van der Waals surface area contributed by atoms with Gasteiger partial charge in [0.2, 0.25) is 0 Å². The Morgan fingerprint density at radius 2 is 1.92 bits per heavy atom. The molecule has 0 amide bonds. The molecule has 5 nitrogen and oxygen atoms in total. The SMILES string of the molecule is CCC(C)OC(=O)CC(=O)C(=O)O. The van der Waals surface area contributed by atoms with Crippen molar-refractivity contribution in [3.05, 3.63) is 0 Å². The van der Waals surface area contributed by atoms with Gasteiger partial charge in [-0.1, -0.05) is 6.92 Å². The first kappa shape index (κ1) is 11.6. The maximum Gasteiger partial charge on any atom is 0.372 e. The third-order valence-electron chi connectivity index (χ3n) is 1.45. The standard InChI is InChI=1S/C8H12O5/c1-3-5(2)13-7(10)4-6(9)8(11)12/h5H,3-4H2,1-2H3,(H,11,12). The number of carbonyl (C=O) groups is 3. The predicted octanol–water partition coefficient (Wildman–Crippen LogP) is 0.372. The summed E-state index contributed by atoms with van der Waals surface area (Å²) in [6.45, 7) is 3.49. The molecule has 0 aromatic rings. The second-order valence-corrected chi connectivity index (χ2v) is 2.61. The Balaban J connectivity index is 3.88. The highest BCUT2D eigenvalue weighted by atomic mass is 16.5. The summed E-state index contributed by atoms with van der Waals surface area (Å²) in [5.41, 5.74) is 0. The summed E-state index contributed by atoms with van der Waals surface area (Å²) < 4.78 is 4.70. The molecule has 0 aliphatic carbocycles. The van der Waals surface area contributed by atoms with Crippen molar-refractivity contribution >= 4 is 17.7 Å². The van der Waals surface area contributed by atoms with Gasteiger partial charge >= 0.3 is 11.9 Å². The molecule has 0 aliphatic rings. The molecule has 0 aromatic heterocycles. The summed E-state index contributed by atoms with van der Waals surface area (Å²) in [6.07, 6.45) is -0.346. The topological polar surface area (TPSA) is 80.7 Å². The molecule has 0 saturated carbocycles. The Bertz CT molecular complexity index is 221. The molecular weight excluding hydrogens is 176 g/mol. The number of carboxylic acid groups (broad SMARTS) is 1.